The second kappa shape index (κ2) is 6.93. The zero-order valence-electron chi connectivity index (χ0n) is 13.9. The Kier molecular flexibility index (Phi) is 4.32. The molecule has 0 atom stereocenters. The van der Waals surface area contributed by atoms with Gasteiger partial charge in [0.15, 0.2) is 5.65 Å². The van der Waals surface area contributed by atoms with Crippen LogP contribution >= 0.6 is 11.8 Å². The monoisotopic (exact) mass is 366 g/mol. The first-order valence-corrected chi connectivity index (χ1v) is 8.82. The first-order valence-electron chi connectivity index (χ1n) is 7.83. The number of thioether (sulfide) groups is 1. The fourth-order valence-electron chi connectivity index (χ4n) is 2.43. The fraction of sp³-hybridized carbons (Fsp3) is 0.267. The molecular formula is C15H14N10S. The van der Waals surface area contributed by atoms with Crippen LogP contribution in [0.4, 0.5) is 0 Å². The first-order chi connectivity index (χ1) is 12.7. The molecule has 0 bridgehead atoms. The fourth-order valence-corrected chi connectivity index (χ4v) is 3.30. The summed E-state index contributed by atoms with van der Waals surface area (Å²) >= 11 is 1.70. The Morgan fingerprint density at radius 1 is 1.31 bits per heavy atom. The molecule has 0 aromatic carbocycles. The minimum Gasteiger partial charge on any atom is -0.282 e. The minimum absolute atomic E-state index is 0.194. The number of H-pyrrole nitrogens is 1. The molecule has 11 heteroatoms. The summed E-state index contributed by atoms with van der Waals surface area (Å²) in [5, 5.41) is 28.0. The van der Waals surface area contributed by atoms with Crippen LogP contribution in [0.3, 0.4) is 0 Å². The molecule has 0 amide bonds. The molecular weight excluding hydrogens is 352 g/mol. The summed E-state index contributed by atoms with van der Waals surface area (Å²) in [5.74, 6) is 0.810. The van der Waals surface area contributed by atoms with E-state index in [1.807, 2.05) is 13.1 Å². The van der Waals surface area contributed by atoms with Gasteiger partial charge in [0.25, 0.3) is 0 Å². The maximum atomic E-state index is 8.75. The average Bonchev–Trinajstić information content (AvgIpc) is 3.36. The van der Waals surface area contributed by atoms with Crippen LogP contribution in [0.5, 0.6) is 0 Å². The van der Waals surface area contributed by atoms with Gasteiger partial charge in [-0.1, -0.05) is 5.21 Å². The Morgan fingerprint density at radius 2 is 2.23 bits per heavy atom. The van der Waals surface area contributed by atoms with Crippen molar-refractivity contribution in [3.8, 4) is 17.3 Å². The van der Waals surface area contributed by atoms with Gasteiger partial charge in [0.1, 0.15) is 6.54 Å². The Morgan fingerprint density at radius 3 is 3.04 bits per heavy atom. The van der Waals surface area contributed by atoms with Crippen LogP contribution in [-0.4, -0.2) is 50.7 Å². The van der Waals surface area contributed by atoms with Crippen LogP contribution in [0.1, 0.15) is 5.69 Å². The second-order valence-corrected chi connectivity index (χ2v) is 6.64. The molecule has 0 unspecified atom stereocenters. The van der Waals surface area contributed by atoms with Crippen molar-refractivity contribution in [3.63, 3.8) is 0 Å². The van der Waals surface area contributed by atoms with Gasteiger partial charge in [-0.25, -0.2) is 14.6 Å². The minimum atomic E-state index is 0.194. The largest absolute Gasteiger partial charge is 0.282 e. The predicted molar refractivity (Wildman–Crippen MR) is 94.0 cm³/mol. The molecule has 0 radical (unpaired) electrons. The van der Waals surface area contributed by atoms with Crippen LogP contribution in [0.2, 0.25) is 0 Å². The maximum Gasteiger partial charge on any atom is 0.221 e. The maximum absolute atomic E-state index is 8.75. The number of rotatable bonds is 6. The summed E-state index contributed by atoms with van der Waals surface area (Å²) in [4.78, 5) is 10.1. The SMILES string of the molecule is Cc1[nH]ncc1SCCn1nnc2ncc(-c3cnn(CC#N)c3)nc21. The number of nitrogens with zero attached hydrogens (tertiary/aromatic N) is 9. The highest BCUT2D eigenvalue weighted by atomic mass is 32.2. The van der Waals surface area contributed by atoms with Gasteiger partial charge >= 0.3 is 0 Å². The number of hydrogen-bond acceptors (Lipinski definition) is 8. The topological polar surface area (TPSA) is 127 Å². The second-order valence-electron chi connectivity index (χ2n) is 5.51. The zero-order valence-corrected chi connectivity index (χ0v) is 14.7. The average molecular weight is 366 g/mol. The lowest BCUT2D eigenvalue weighted by Gasteiger charge is -2.02. The lowest BCUT2D eigenvalue weighted by Crippen LogP contribution is -2.04. The van der Waals surface area contributed by atoms with Gasteiger partial charge in [-0.2, -0.15) is 15.5 Å². The molecule has 4 rings (SSSR count). The van der Waals surface area contributed by atoms with Gasteiger partial charge in [0.05, 0.1) is 36.9 Å². The first kappa shape index (κ1) is 16.2. The molecule has 0 aliphatic heterocycles. The number of fused-ring (bicyclic) bond motifs is 1. The van der Waals surface area contributed by atoms with Gasteiger partial charge < -0.3 is 0 Å². The highest BCUT2D eigenvalue weighted by molar-refractivity contribution is 7.99. The van der Waals surface area contributed by atoms with E-state index >= 15 is 0 Å². The molecule has 0 saturated carbocycles. The van der Waals surface area contributed by atoms with Crippen LogP contribution in [0, 0.1) is 18.3 Å². The van der Waals surface area contributed by atoms with E-state index in [4.69, 9.17) is 5.26 Å². The van der Waals surface area contributed by atoms with Gasteiger partial charge in [0.2, 0.25) is 5.65 Å². The number of hydrogen-bond donors (Lipinski definition) is 1. The Bertz CT molecular complexity index is 1090. The molecule has 0 fully saturated rings. The standard InChI is InChI=1S/C15H14N10S/c1-10-13(8-18-21-10)26-5-4-25-15-14(22-23-25)17-7-12(20-15)11-6-19-24(9-11)3-2-16/h6-9H,3-5H2,1H3,(H,18,21). The smallest absolute Gasteiger partial charge is 0.221 e. The third kappa shape index (κ3) is 3.14. The van der Waals surface area contributed by atoms with E-state index in [-0.39, 0.29) is 6.54 Å². The Balaban J connectivity index is 1.54. The van der Waals surface area contributed by atoms with Crippen molar-refractivity contribution in [2.45, 2.75) is 24.9 Å². The van der Waals surface area contributed by atoms with E-state index < -0.39 is 0 Å². The Labute approximate surface area is 152 Å². The molecule has 0 aliphatic carbocycles. The van der Waals surface area contributed by atoms with Crippen LogP contribution in [0.25, 0.3) is 22.6 Å². The number of aromatic nitrogens is 9. The molecule has 10 nitrogen and oxygen atoms in total. The van der Waals surface area contributed by atoms with Crippen LogP contribution in [0.15, 0.2) is 29.7 Å². The lowest BCUT2D eigenvalue weighted by atomic mass is 10.3. The molecule has 130 valence electrons. The number of nitrogens with one attached hydrogen (secondary N) is 1. The van der Waals surface area contributed by atoms with E-state index in [9.17, 15) is 0 Å². The van der Waals surface area contributed by atoms with Gasteiger partial charge in [-0.05, 0) is 6.92 Å². The summed E-state index contributed by atoms with van der Waals surface area (Å²) in [6, 6.07) is 2.05. The van der Waals surface area contributed by atoms with E-state index in [0.29, 0.717) is 23.5 Å². The number of nitriles is 1. The molecule has 4 aromatic heterocycles. The van der Waals surface area contributed by atoms with E-state index in [0.717, 1.165) is 21.9 Å². The molecule has 4 aromatic rings. The third-order valence-electron chi connectivity index (χ3n) is 3.73. The number of aryl methyl sites for hydroxylation is 2. The van der Waals surface area contributed by atoms with Crippen molar-refractivity contribution in [2.75, 3.05) is 5.75 Å². The lowest BCUT2D eigenvalue weighted by molar-refractivity contribution is 0.647. The third-order valence-corrected chi connectivity index (χ3v) is 4.84. The van der Waals surface area contributed by atoms with Gasteiger partial charge in [-0.3, -0.25) is 9.78 Å². The van der Waals surface area contributed by atoms with Crippen LogP contribution in [-0.2, 0) is 13.1 Å². The van der Waals surface area contributed by atoms with Crippen LogP contribution < -0.4 is 0 Å². The van der Waals surface area contributed by atoms with E-state index in [2.05, 4.69) is 41.6 Å². The van der Waals surface area contributed by atoms with Crippen molar-refractivity contribution in [1.82, 2.24) is 44.9 Å². The van der Waals surface area contributed by atoms with Crippen molar-refractivity contribution in [1.29, 1.82) is 5.26 Å². The van der Waals surface area contributed by atoms with E-state index in [1.165, 1.54) is 0 Å². The summed E-state index contributed by atoms with van der Waals surface area (Å²) in [6.45, 7) is 2.84. The molecule has 26 heavy (non-hydrogen) atoms. The predicted octanol–water partition coefficient (Wildman–Crippen LogP) is 1.43. The summed E-state index contributed by atoms with van der Waals surface area (Å²) < 4.78 is 3.30. The van der Waals surface area contributed by atoms with Crippen molar-refractivity contribution < 1.29 is 0 Å². The summed E-state index contributed by atoms with van der Waals surface area (Å²) in [6.07, 6.45) is 6.89. The number of aromatic amines is 1. The molecule has 1 N–H and O–H groups in total. The quantitative estimate of drug-likeness (QED) is 0.508. The van der Waals surface area contributed by atoms with Crippen molar-refractivity contribution >= 4 is 23.1 Å². The molecule has 0 spiro atoms. The van der Waals surface area contributed by atoms with Crippen molar-refractivity contribution in [3.05, 3.63) is 30.5 Å². The Hall–Kier alpha value is -3.26. The molecule has 4 heterocycles. The normalized spacial score (nSPS) is 11.1. The zero-order chi connectivity index (χ0) is 17.9. The van der Waals surface area contributed by atoms with Gasteiger partial charge in [-0.15, -0.1) is 16.9 Å². The van der Waals surface area contributed by atoms with Gasteiger partial charge in [0, 0.05) is 28.1 Å². The highest BCUT2D eigenvalue weighted by Gasteiger charge is 2.11. The summed E-state index contributed by atoms with van der Waals surface area (Å²) in [7, 11) is 0. The highest BCUT2D eigenvalue weighted by Crippen LogP contribution is 2.21. The van der Waals surface area contributed by atoms with E-state index in [1.54, 1.807) is 39.7 Å². The molecule has 0 aliphatic rings. The van der Waals surface area contributed by atoms with Crippen molar-refractivity contribution in [2.24, 2.45) is 0 Å². The summed E-state index contributed by atoms with van der Waals surface area (Å²) in [5.41, 5.74) is 3.65. The molecule has 0 saturated heterocycles.